The molecule has 188 valence electrons. The second-order valence-electron chi connectivity index (χ2n) is 10.1. The minimum atomic E-state index is -1.22. The van der Waals surface area contributed by atoms with E-state index in [4.69, 9.17) is 4.74 Å². The molecule has 2 aromatic rings. The number of fused-ring (bicyclic) bond motifs is 1. The fraction of sp³-hybridized carbons (Fsp3) is 0.556. The van der Waals surface area contributed by atoms with E-state index in [9.17, 15) is 14.4 Å². The first-order valence-corrected chi connectivity index (χ1v) is 12.7. The summed E-state index contributed by atoms with van der Waals surface area (Å²) < 4.78 is 6.56. The fourth-order valence-corrected chi connectivity index (χ4v) is 5.31. The molecule has 1 saturated carbocycles. The first-order valence-electron chi connectivity index (χ1n) is 12.7. The molecule has 2 heterocycles. The smallest absolute Gasteiger partial charge is 0.358 e. The van der Waals surface area contributed by atoms with Crippen LogP contribution in [0.2, 0.25) is 0 Å². The second kappa shape index (κ2) is 10.2. The number of amides is 2. The van der Waals surface area contributed by atoms with Gasteiger partial charge in [-0.15, -0.1) is 0 Å². The molecule has 2 amide bonds. The van der Waals surface area contributed by atoms with Crippen molar-refractivity contribution < 1.29 is 19.1 Å². The van der Waals surface area contributed by atoms with E-state index in [-0.39, 0.29) is 42.4 Å². The van der Waals surface area contributed by atoms with Gasteiger partial charge in [0.25, 0.3) is 5.91 Å². The monoisotopic (exact) mass is 480 g/mol. The third-order valence-corrected chi connectivity index (χ3v) is 7.03. The van der Waals surface area contributed by atoms with E-state index in [1.54, 1.807) is 18.7 Å². The summed E-state index contributed by atoms with van der Waals surface area (Å²) in [7, 11) is 0. The number of nitrogens with zero attached hydrogens (tertiary/aromatic N) is 3. The first-order chi connectivity index (χ1) is 16.7. The van der Waals surface area contributed by atoms with Gasteiger partial charge in [0.2, 0.25) is 5.91 Å². The highest BCUT2D eigenvalue weighted by Crippen LogP contribution is 2.34. The number of carbonyl (C=O) groups is 3. The topological polar surface area (TPSA) is 93.5 Å². The van der Waals surface area contributed by atoms with Crippen LogP contribution < -0.4 is 10.2 Å². The average Bonchev–Trinajstić information content (AvgIpc) is 3.19. The molecule has 1 aromatic heterocycles. The normalized spacial score (nSPS) is 21.1. The van der Waals surface area contributed by atoms with Crippen LogP contribution in [-0.2, 0) is 16.1 Å². The lowest BCUT2D eigenvalue weighted by Gasteiger charge is -2.44. The number of esters is 1. The third-order valence-electron chi connectivity index (χ3n) is 7.03. The minimum absolute atomic E-state index is 0.0697. The number of benzene rings is 1. The summed E-state index contributed by atoms with van der Waals surface area (Å²) in [5.41, 5.74) is 1.78. The van der Waals surface area contributed by atoms with Crippen LogP contribution >= 0.6 is 0 Å². The molecule has 1 atom stereocenters. The minimum Gasteiger partial charge on any atom is -0.461 e. The zero-order valence-electron chi connectivity index (χ0n) is 21.2. The van der Waals surface area contributed by atoms with Gasteiger partial charge in [0.15, 0.2) is 5.69 Å². The zero-order chi connectivity index (χ0) is 25.2. The van der Waals surface area contributed by atoms with Crippen LogP contribution in [0.15, 0.2) is 24.3 Å². The van der Waals surface area contributed by atoms with Crippen molar-refractivity contribution in [1.82, 2.24) is 15.1 Å². The second-order valence-corrected chi connectivity index (χ2v) is 10.1. The SMILES string of the molecule is CCOC(=O)c1cc2n(n1)C[C@](C)(C(=O)NC1CCCCCCC1)N(c1cc(C)cc(C)c1)C2=O. The van der Waals surface area contributed by atoms with E-state index in [1.165, 1.54) is 30.0 Å². The van der Waals surface area contributed by atoms with Gasteiger partial charge < -0.3 is 10.1 Å². The molecule has 0 bridgehead atoms. The van der Waals surface area contributed by atoms with Crippen molar-refractivity contribution in [3.05, 3.63) is 46.8 Å². The van der Waals surface area contributed by atoms with E-state index < -0.39 is 11.5 Å². The molecule has 8 nitrogen and oxygen atoms in total. The molecule has 1 aliphatic carbocycles. The number of hydrogen-bond donors (Lipinski definition) is 1. The van der Waals surface area contributed by atoms with Crippen molar-refractivity contribution in [2.24, 2.45) is 0 Å². The molecular weight excluding hydrogens is 444 g/mol. The molecule has 2 aliphatic rings. The van der Waals surface area contributed by atoms with Crippen molar-refractivity contribution >= 4 is 23.5 Å². The first kappa shape index (κ1) is 24.9. The lowest BCUT2D eigenvalue weighted by molar-refractivity contribution is -0.127. The summed E-state index contributed by atoms with van der Waals surface area (Å²) in [6.45, 7) is 7.80. The van der Waals surface area contributed by atoms with Gasteiger partial charge in [-0.1, -0.05) is 38.2 Å². The van der Waals surface area contributed by atoms with Gasteiger partial charge in [-0.05, 0) is 63.8 Å². The summed E-state index contributed by atoms with van der Waals surface area (Å²) in [5.74, 6) is -1.14. The van der Waals surface area contributed by atoms with Crippen molar-refractivity contribution in [3.8, 4) is 0 Å². The highest BCUT2D eigenvalue weighted by atomic mass is 16.5. The Balaban J connectivity index is 1.73. The van der Waals surface area contributed by atoms with Gasteiger partial charge in [-0.2, -0.15) is 5.10 Å². The maximum absolute atomic E-state index is 13.9. The maximum atomic E-state index is 13.9. The Morgan fingerprint density at radius 3 is 2.31 bits per heavy atom. The lowest BCUT2D eigenvalue weighted by Crippen LogP contribution is -2.65. The predicted molar refractivity (Wildman–Crippen MR) is 134 cm³/mol. The molecule has 0 saturated heterocycles. The van der Waals surface area contributed by atoms with Crippen molar-refractivity contribution in [2.45, 2.75) is 90.8 Å². The molecule has 1 fully saturated rings. The molecule has 4 rings (SSSR count). The Morgan fingerprint density at radius 2 is 1.69 bits per heavy atom. The van der Waals surface area contributed by atoms with Crippen LogP contribution in [0.3, 0.4) is 0 Å². The predicted octanol–water partition coefficient (Wildman–Crippen LogP) is 4.32. The van der Waals surface area contributed by atoms with Crippen molar-refractivity contribution in [3.63, 3.8) is 0 Å². The van der Waals surface area contributed by atoms with Gasteiger partial charge in [-0.3, -0.25) is 19.2 Å². The number of nitrogens with one attached hydrogen (secondary N) is 1. The Morgan fingerprint density at radius 1 is 1.06 bits per heavy atom. The Hall–Kier alpha value is -3.16. The number of ether oxygens (including phenoxy) is 1. The maximum Gasteiger partial charge on any atom is 0.358 e. The Bertz CT molecular complexity index is 1100. The number of aryl methyl sites for hydroxylation is 2. The highest BCUT2D eigenvalue weighted by Gasteiger charge is 2.49. The summed E-state index contributed by atoms with van der Waals surface area (Å²) in [6.07, 6.45) is 7.69. The van der Waals surface area contributed by atoms with Gasteiger partial charge in [0.05, 0.1) is 13.2 Å². The molecule has 1 N–H and O–H groups in total. The van der Waals surface area contributed by atoms with Crippen LogP contribution in [0.1, 0.15) is 90.9 Å². The quantitative estimate of drug-likeness (QED) is 0.643. The third kappa shape index (κ3) is 5.11. The van der Waals surface area contributed by atoms with Crippen LogP contribution in [-0.4, -0.2) is 45.8 Å². The molecular formula is C27H36N4O4. The summed E-state index contributed by atoms with van der Waals surface area (Å²) in [4.78, 5) is 41.7. The number of carbonyl (C=O) groups excluding carboxylic acids is 3. The van der Waals surface area contributed by atoms with E-state index in [2.05, 4.69) is 10.4 Å². The molecule has 35 heavy (non-hydrogen) atoms. The van der Waals surface area contributed by atoms with Crippen LogP contribution in [0.4, 0.5) is 5.69 Å². The molecule has 1 aromatic carbocycles. The number of aromatic nitrogens is 2. The molecule has 1 aliphatic heterocycles. The van der Waals surface area contributed by atoms with Crippen molar-refractivity contribution in [2.75, 3.05) is 11.5 Å². The zero-order valence-corrected chi connectivity index (χ0v) is 21.2. The highest BCUT2D eigenvalue weighted by molar-refractivity contribution is 6.12. The van der Waals surface area contributed by atoms with Crippen LogP contribution in [0, 0.1) is 13.8 Å². The van der Waals surface area contributed by atoms with E-state index in [0.29, 0.717) is 5.69 Å². The summed E-state index contributed by atoms with van der Waals surface area (Å²) in [5, 5.41) is 7.61. The van der Waals surface area contributed by atoms with Gasteiger partial charge >= 0.3 is 5.97 Å². The largest absolute Gasteiger partial charge is 0.461 e. The molecule has 0 radical (unpaired) electrons. The van der Waals surface area contributed by atoms with E-state index in [0.717, 1.165) is 36.8 Å². The molecule has 8 heteroatoms. The standard InChI is InChI=1S/C27H36N4O4/c1-5-35-25(33)22-16-23-24(32)31(21-14-18(2)13-19(3)15-21)27(4,17-30(23)29-22)26(34)28-20-11-9-7-6-8-10-12-20/h13-16,20H,5-12,17H2,1-4H3,(H,28,34)/t27-/m1/s1. The van der Waals surface area contributed by atoms with Crippen LogP contribution in [0.5, 0.6) is 0 Å². The number of anilines is 1. The average molecular weight is 481 g/mol. The molecule has 0 unspecified atom stereocenters. The molecule has 0 spiro atoms. The van der Waals surface area contributed by atoms with Gasteiger partial charge in [-0.25, -0.2) is 4.79 Å². The van der Waals surface area contributed by atoms with Crippen molar-refractivity contribution in [1.29, 1.82) is 0 Å². The van der Waals surface area contributed by atoms with Gasteiger partial charge in [0, 0.05) is 17.8 Å². The Kier molecular flexibility index (Phi) is 7.28. The van der Waals surface area contributed by atoms with Crippen LogP contribution in [0.25, 0.3) is 0 Å². The van der Waals surface area contributed by atoms with E-state index >= 15 is 0 Å². The Labute approximate surface area is 207 Å². The van der Waals surface area contributed by atoms with E-state index in [1.807, 2.05) is 32.0 Å². The van der Waals surface area contributed by atoms with Gasteiger partial charge in [0.1, 0.15) is 11.2 Å². The fourth-order valence-electron chi connectivity index (χ4n) is 5.31. The summed E-state index contributed by atoms with van der Waals surface area (Å²) >= 11 is 0. The lowest BCUT2D eigenvalue weighted by atomic mass is 9.91. The summed E-state index contributed by atoms with van der Waals surface area (Å²) in [6, 6.07) is 7.43. The number of hydrogen-bond acceptors (Lipinski definition) is 5. The number of rotatable bonds is 5.